The number of pyridine rings is 1. The molecular weight excluding hydrogens is 276 g/mol. The van der Waals surface area contributed by atoms with Crippen molar-refractivity contribution in [2.75, 3.05) is 19.5 Å². The van der Waals surface area contributed by atoms with Gasteiger partial charge in [-0.05, 0) is 19.1 Å². The first-order valence-corrected chi connectivity index (χ1v) is 7.06. The lowest BCUT2D eigenvalue weighted by Crippen LogP contribution is -1.96. The van der Waals surface area contributed by atoms with Crippen molar-refractivity contribution in [2.24, 2.45) is 0 Å². The van der Waals surface area contributed by atoms with Crippen molar-refractivity contribution in [3.05, 3.63) is 54.2 Å². The molecule has 0 saturated heterocycles. The molecule has 0 bridgehead atoms. The molecule has 112 valence electrons. The van der Waals surface area contributed by atoms with Crippen LogP contribution in [0.1, 0.15) is 5.69 Å². The second kappa shape index (κ2) is 5.93. The van der Waals surface area contributed by atoms with Crippen LogP contribution >= 0.6 is 0 Å². The highest BCUT2D eigenvalue weighted by atomic mass is 16.5. The molecule has 0 radical (unpaired) electrons. The van der Waals surface area contributed by atoms with E-state index in [4.69, 9.17) is 9.47 Å². The Balaban J connectivity index is 2.06. The van der Waals surface area contributed by atoms with E-state index in [1.165, 1.54) is 0 Å². The minimum Gasteiger partial charge on any atom is -0.497 e. The molecule has 1 N–H and O–H groups in total. The van der Waals surface area contributed by atoms with E-state index < -0.39 is 0 Å². The highest BCUT2D eigenvalue weighted by Crippen LogP contribution is 2.31. The SMILES string of the molecule is COc1cc(Nc2cc(C)nc3ccccc23)cc(OC)c1. The summed E-state index contributed by atoms with van der Waals surface area (Å²) in [7, 11) is 3.29. The summed E-state index contributed by atoms with van der Waals surface area (Å²) in [6.45, 7) is 1.99. The van der Waals surface area contributed by atoms with E-state index in [2.05, 4.69) is 16.4 Å². The second-order valence-electron chi connectivity index (χ2n) is 5.05. The average molecular weight is 294 g/mol. The van der Waals surface area contributed by atoms with E-state index in [-0.39, 0.29) is 0 Å². The molecule has 0 atom stereocenters. The maximum atomic E-state index is 5.31. The highest BCUT2D eigenvalue weighted by molar-refractivity contribution is 5.93. The molecule has 0 saturated carbocycles. The van der Waals surface area contributed by atoms with Gasteiger partial charge in [-0.15, -0.1) is 0 Å². The molecule has 3 aromatic rings. The molecule has 1 heterocycles. The second-order valence-corrected chi connectivity index (χ2v) is 5.05. The molecule has 0 unspecified atom stereocenters. The van der Waals surface area contributed by atoms with Gasteiger partial charge in [-0.25, -0.2) is 0 Å². The summed E-state index contributed by atoms with van der Waals surface area (Å²) in [5.74, 6) is 1.49. The zero-order valence-electron chi connectivity index (χ0n) is 12.9. The number of rotatable bonds is 4. The van der Waals surface area contributed by atoms with E-state index in [1.807, 2.05) is 49.4 Å². The quantitative estimate of drug-likeness (QED) is 0.779. The van der Waals surface area contributed by atoms with E-state index in [0.717, 1.165) is 39.5 Å². The van der Waals surface area contributed by atoms with Gasteiger partial charge in [-0.2, -0.15) is 0 Å². The van der Waals surface area contributed by atoms with Crippen molar-refractivity contribution in [3.8, 4) is 11.5 Å². The van der Waals surface area contributed by atoms with Gasteiger partial charge in [0.2, 0.25) is 0 Å². The van der Waals surface area contributed by atoms with E-state index >= 15 is 0 Å². The van der Waals surface area contributed by atoms with E-state index in [1.54, 1.807) is 14.2 Å². The summed E-state index contributed by atoms with van der Waals surface area (Å²) in [6, 6.07) is 15.8. The normalized spacial score (nSPS) is 10.5. The molecule has 2 aromatic carbocycles. The van der Waals surface area contributed by atoms with Crippen LogP contribution in [0.25, 0.3) is 10.9 Å². The van der Waals surface area contributed by atoms with Crippen molar-refractivity contribution < 1.29 is 9.47 Å². The first-order valence-electron chi connectivity index (χ1n) is 7.06. The summed E-state index contributed by atoms with van der Waals surface area (Å²) in [6.07, 6.45) is 0. The molecule has 0 aliphatic heterocycles. The van der Waals surface area contributed by atoms with E-state index in [9.17, 15) is 0 Å². The maximum Gasteiger partial charge on any atom is 0.124 e. The fourth-order valence-corrected chi connectivity index (χ4v) is 2.45. The molecule has 0 spiro atoms. The Bertz CT molecular complexity index is 793. The minimum atomic E-state index is 0.747. The van der Waals surface area contributed by atoms with Crippen LogP contribution in [0.4, 0.5) is 11.4 Å². The largest absolute Gasteiger partial charge is 0.497 e. The summed E-state index contributed by atoms with van der Waals surface area (Å²) in [5.41, 5.74) is 3.86. The van der Waals surface area contributed by atoms with Gasteiger partial charge in [-0.1, -0.05) is 18.2 Å². The number of para-hydroxylation sites is 1. The molecule has 3 rings (SSSR count). The average Bonchev–Trinajstić information content (AvgIpc) is 2.54. The molecule has 0 aliphatic carbocycles. The minimum absolute atomic E-state index is 0.747. The Kier molecular flexibility index (Phi) is 3.83. The number of aromatic nitrogens is 1. The number of nitrogens with zero attached hydrogens (tertiary/aromatic N) is 1. The Labute approximate surface area is 129 Å². The number of anilines is 2. The molecule has 4 nitrogen and oxygen atoms in total. The maximum absolute atomic E-state index is 5.31. The number of ether oxygens (including phenoxy) is 2. The zero-order valence-corrected chi connectivity index (χ0v) is 12.9. The fourth-order valence-electron chi connectivity index (χ4n) is 2.45. The number of methoxy groups -OCH3 is 2. The van der Waals surface area contributed by atoms with Gasteiger partial charge < -0.3 is 14.8 Å². The van der Waals surface area contributed by atoms with Crippen LogP contribution in [-0.4, -0.2) is 19.2 Å². The van der Waals surface area contributed by atoms with Crippen LogP contribution in [0.2, 0.25) is 0 Å². The fraction of sp³-hybridized carbons (Fsp3) is 0.167. The molecule has 0 amide bonds. The number of nitrogens with one attached hydrogen (secondary N) is 1. The van der Waals surface area contributed by atoms with Crippen molar-refractivity contribution in [1.82, 2.24) is 4.98 Å². The predicted molar refractivity (Wildman–Crippen MR) is 89.3 cm³/mol. The van der Waals surface area contributed by atoms with Gasteiger partial charge in [0.05, 0.1) is 19.7 Å². The lowest BCUT2D eigenvalue weighted by Gasteiger charge is -2.13. The Morgan fingerprint density at radius 3 is 2.27 bits per heavy atom. The molecule has 1 aromatic heterocycles. The lowest BCUT2D eigenvalue weighted by atomic mass is 10.1. The zero-order chi connectivity index (χ0) is 15.5. The molecule has 0 aliphatic rings. The number of benzene rings is 2. The van der Waals surface area contributed by atoms with Gasteiger partial charge >= 0.3 is 0 Å². The molecular formula is C18H18N2O2. The Morgan fingerprint density at radius 2 is 1.59 bits per heavy atom. The van der Waals surface area contributed by atoms with Gasteiger partial charge in [0.25, 0.3) is 0 Å². The first kappa shape index (κ1) is 14.2. The summed E-state index contributed by atoms with van der Waals surface area (Å²) in [5, 5.41) is 4.52. The number of aryl methyl sites for hydroxylation is 1. The summed E-state index contributed by atoms with van der Waals surface area (Å²) >= 11 is 0. The van der Waals surface area contributed by atoms with Gasteiger partial charge in [-0.3, -0.25) is 4.98 Å². The van der Waals surface area contributed by atoms with Crippen molar-refractivity contribution in [1.29, 1.82) is 0 Å². The van der Waals surface area contributed by atoms with Crippen molar-refractivity contribution in [3.63, 3.8) is 0 Å². The monoisotopic (exact) mass is 294 g/mol. The number of fused-ring (bicyclic) bond motifs is 1. The predicted octanol–water partition coefficient (Wildman–Crippen LogP) is 4.30. The third kappa shape index (κ3) is 2.81. The summed E-state index contributed by atoms with van der Waals surface area (Å²) in [4.78, 5) is 4.56. The van der Waals surface area contributed by atoms with Crippen LogP contribution in [0.15, 0.2) is 48.5 Å². The van der Waals surface area contributed by atoms with Gasteiger partial charge in [0.15, 0.2) is 0 Å². The number of hydrogen-bond donors (Lipinski definition) is 1. The smallest absolute Gasteiger partial charge is 0.124 e. The summed E-state index contributed by atoms with van der Waals surface area (Å²) < 4.78 is 10.6. The van der Waals surface area contributed by atoms with Crippen LogP contribution in [0.5, 0.6) is 11.5 Å². The molecule has 4 heteroatoms. The Hall–Kier alpha value is -2.75. The van der Waals surface area contributed by atoms with Crippen LogP contribution < -0.4 is 14.8 Å². The van der Waals surface area contributed by atoms with Crippen LogP contribution in [0, 0.1) is 6.92 Å². The topological polar surface area (TPSA) is 43.4 Å². The lowest BCUT2D eigenvalue weighted by molar-refractivity contribution is 0.395. The molecule has 22 heavy (non-hydrogen) atoms. The standard InChI is InChI=1S/C18H18N2O2/c1-12-8-18(16-6-4-5-7-17(16)19-12)20-13-9-14(21-2)11-15(10-13)22-3/h4-11H,1-3H3,(H,19,20). The van der Waals surface area contributed by atoms with Crippen molar-refractivity contribution in [2.45, 2.75) is 6.92 Å². The van der Waals surface area contributed by atoms with Crippen LogP contribution in [0.3, 0.4) is 0 Å². The molecule has 0 fully saturated rings. The van der Waals surface area contributed by atoms with Gasteiger partial charge in [0, 0.05) is 40.7 Å². The highest BCUT2D eigenvalue weighted by Gasteiger charge is 2.06. The Morgan fingerprint density at radius 1 is 0.909 bits per heavy atom. The third-order valence-electron chi connectivity index (χ3n) is 3.47. The van der Waals surface area contributed by atoms with Crippen molar-refractivity contribution >= 4 is 22.3 Å². The van der Waals surface area contributed by atoms with Crippen LogP contribution in [-0.2, 0) is 0 Å². The number of hydrogen-bond acceptors (Lipinski definition) is 4. The first-order chi connectivity index (χ1) is 10.7. The van der Waals surface area contributed by atoms with E-state index in [0.29, 0.717) is 0 Å². The van der Waals surface area contributed by atoms with Gasteiger partial charge in [0.1, 0.15) is 11.5 Å². The third-order valence-corrected chi connectivity index (χ3v) is 3.47.